The molecule has 0 unspecified atom stereocenters. The molecule has 1 fully saturated rings. The number of carbonyl (C=O) groups excluding carboxylic acids is 1. The summed E-state index contributed by atoms with van der Waals surface area (Å²) in [7, 11) is 0. The molecule has 0 radical (unpaired) electrons. The number of halogens is 1. The van der Waals surface area contributed by atoms with Gasteiger partial charge in [0.05, 0.1) is 10.7 Å². The zero-order valence-electron chi connectivity index (χ0n) is 10.5. The minimum atomic E-state index is 0.0683. The Morgan fingerprint density at radius 1 is 1.11 bits per heavy atom. The Morgan fingerprint density at radius 2 is 1.72 bits per heavy atom. The van der Waals surface area contributed by atoms with Gasteiger partial charge in [-0.1, -0.05) is 30.9 Å². The van der Waals surface area contributed by atoms with Crippen molar-refractivity contribution in [3.05, 3.63) is 28.8 Å². The lowest BCUT2D eigenvalue weighted by Crippen LogP contribution is -2.33. The van der Waals surface area contributed by atoms with Crippen LogP contribution in [0.4, 0.5) is 5.69 Å². The van der Waals surface area contributed by atoms with Crippen molar-refractivity contribution in [2.24, 2.45) is 0 Å². The molecule has 1 saturated heterocycles. The summed E-state index contributed by atoms with van der Waals surface area (Å²) in [5.74, 6) is 0.0683. The van der Waals surface area contributed by atoms with Crippen molar-refractivity contribution in [2.75, 3.05) is 18.8 Å². The molecule has 2 rings (SSSR count). The quantitative estimate of drug-likeness (QED) is 0.793. The first-order valence-electron chi connectivity index (χ1n) is 6.53. The van der Waals surface area contributed by atoms with Gasteiger partial charge in [0.2, 0.25) is 0 Å². The van der Waals surface area contributed by atoms with E-state index in [0.717, 1.165) is 25.9 Å². The molecule has 1 heterocycles. The molecular weight excluding hydrogens is 248 g/mol. The van der Waals surface area contributed by atoms with Crippen LogP contribution >= 0.6 is 11.6 Å². The lowest BCUT2D eigenvalue weighted by atomic mass is 10.1. The SMILES string of the molecule is Nc1ccc(C(=O)N2CCCCCCC2)cc1Cl. The lowest BCUT2D eigenvalue weighted by Gasteiger charge is -2.25. The number of amides is 1. The Balaban J connectivity index is 2.10. The minimum Gasteiger partial charge on any atom is -0.398 e. The standard InChI is InChI=1S/C14H19ClN2O/c15-12-10-11(6-7-13(12)16)14(18)17-8-4-2-1-3-5-9-17/h6-7,10H,1-5,8-9,16H2. The maximum Gasteiger partial charge on any atom is 0.253 e. The fourth-order valence-electron chi connectivity index (χ4n) is 2.29. The lowest BCUT2D eigenvalue weighted by molar-refractivity contribution is 0.0742. The van der Waals surface area contributed by atoms with E-state index < -0.39 is 0 Å². The topological polar surface area (TPSA) is 46.3 Å². The predicted molar refractivity (Wildman–Crippen MR) is 74.9 cm³/mol. The summed E-state index contributed by atoms with van der Waals surface area (Å²) in [6.07, 6.45) is 5.90. The van der Waals surface area contributed by atoms with Crippen LogP contribution in [0.25, 0.3) is 0 Å². The van der Waals surface area contributed by atoms with Gasteiger partial charge in [-0.25, -0.2) is 0 Å². The van der Waals surface area contributed by atoms with Crippen LogP contribution in [0.5, 0.6) is 0 Å². The van der Waals surface area contributed by atoms with Crippen molar-refractivity contribution >= 4 is 23.2 Å². The van der Waals surface area contributed by atoms with Crippen LogP contribution in [0.2, 0.25) is 5.02 Å². The first-order chi connectivity index (χ1) is 8.68. The highest BCUT2D eigenvalue weighted by atomic mass is 35.5. The number of likely N-dealkylation sites (tertiary alicyclic amines) is 1. The molecule has 0 spiro atoms. The molecule has 3 nitrogen and oxygen atoms in total. The van der Waals surface area contributed by atoms with Crippen LogP contribution in [-0.4, -0.2) is 23.9 Å². The molecule has 4 heteroatoms. The molecule has 0 aromatic heterocycles. The highest BCUT2D eigenvalue weighted by Crippen LogP contribution is 2.21. The third-order valence-electron chi connectivity index (χ3n) is 3.39. The number of nitrogens with two attached hydrogens (primary N) is 1. The molecule has 0 atom stereocenters. The molecule has 1 aliphatic rings. The summed E-state index contributed by atoms with van der Waals surface area (Å²) >= 11 is 5.96. The van der Waals surface area contributed by atoms with E-state index in [1.807, 2.05) is 4.90 Å². The van der Waals surface area contributed by atoms with E-state index in [1.54, 1.807) is 18.2 Å². The molecule has 2 N–H and O–H groups in total. The summed E-state index contributed by atoms with van der Waals surface area (Å²) in [4.78, 5) is 14.3. The highest BCUT2D eigenvalue weighted by Gasteiger charge is 2.17. The molecule has 1 aliphatic heterocycles. The monoisotopic (exact) mass is 266 g/mol. The van der Waals surface area contributed by atoms with Gasteiger partial charge >= 0.3 is 0 Å². The third-order valence-corrected chi connectivity index (χ3v) is 3.72. The smallest absolute Gasteiger partial charge is 0.253 e. The Kier molecular flexibility index (Phi) is 4.48. The number of carbonyl (C=O) groups is 1. The van der Waals surface area contributed by atoms with Crippen molar-refractivity contribution in [1.29, 1.82) is 0 Å². The van der Waals surface area contributed by atoms with Gasteiger partial charge in [0.15, 0.2) is 0 Å². The maximum absolute atomic E-state index is 12.4. The van der Waals surface area contributed by atoms with Gasteiger partial charge in [0.25, 0.3) is 5.91 Å². The number of rotatable bonds is 1. The molecule has 0 saturated carbocycles. The number of hydrogen-bond acceptors (Lipinski definition) is 2. The van der Waals surface area contributed by atoms with E-state index in [1.165, 1.54) is 19.3 Å². The van der Waals surface area contributed by atoms with E-state index in [9.17, 15) is 4.79 Å². The predicted octanol–water partition coefficient (Wildman–Crippen LogP) is 3.33. The van der Waals surface area contributed by atoms with Crippen LogP contribution in [0.3, 0.4) is 0 Å². The summed E-state index contributed by atoms with van der Waals surface area (Å²) in [6, 6.07) is 5.11. The van der Waals surface area contributed by atoms with E-state index in [0.29, 0.717) is 16.3 Å². The van der Waals surface area contributed by atoms with Crippen LogP contribution in [0.15, 0.2) is 18.2 Å². The van der Waals surface area contributed by atoms with E-state index in [4.69, 9.17) is 17.3 Å². The van der Waals surface area contributed by atoms with Crippen molar-refractivity contribution in [3.63, 3.8) is 0 Å². The zero-order valence-corrected chi connectivity index (χ0v) is 11.2. The largest absolute Gasteiger partial charge is 0.398 e. The second-order valence-corrected chi connectivity index (χ2v) is 5.20. The van der Waals surface area contributed by atoms with E-state index in [-0.39, 0.29) is 5.91 Å². The number of benzene rings is 1. The second-order valence-electron chi connectivity index (χ2n) is 4.80. The van der Waals surface area contributed by atoms with Crippen LogP contribution in [0, 0.1) is 0 Å². The normalized spacial score (nSPS) is 17.1. The number of nitrogens with zero attached hydrogens (tertiary/aromatic N) is 1. The first kappa shape index (κ1) is 13.2. The third kappa shape index (κ3) is 3.16. The Labute approximate surface area is 113 Å². The van der Waals surface area contributed by atoms with Crippen LogP contribution in [-0.2, 0) is 0 Å². The van der Waals surface area contributed by atoms with Crippen molar-refractivity contribution in [2.45, 2.75) is 32.1 Å². The van der Waals surface area contributed by atoms with Gasteiger partial charge in [-0.3, -0.25) is 4.79 Å². The van der Waals surface area contributed by atoms with E-state index >= 15 is 0 Å². The van der Waals surface area contributed by atoms with Gasteiger partial charge in [-0.15, -0.1) is 0 Å². The van der Waals surface area contributed by atoms with Gasteiger partial charge < -0.3 is 10.6 Å². The summed E-state index contributed by atoms with van der Waals surface area (Å²) in [5.41, 5.74) is 6.80. The van der Waals surface area contributed by atoms with Gasteiger partial charge in [-0.05, 0) is 31.0 Å². The fraction of sp³-hybridized carbons (Fsp3) is 0.500. The average molecular weight is 267 g/mol. The molecular formula is C14H19ClN2O. The van der Waals surface area contributed by atoms with Crippen LogP contribution in [0.1, 0.15) is 42.5 Å². The average Bonchev–Trinajstić information content (AvgIpc) is 2.31. The zero-order chi connectivity index (χ0) is 13.0. The van der Waals surface area contributed by atoms with Crippen molar-refractivity contribution < 1.29 is 4.79 Å². The first-order valence-corrected chi connectivity index (χ1v) is 6.90. The summed E-state index contributed by atoms with van der Waals surface area (Å²) < 4.78 is 0. The number of hydrogen-bond donors (Lipinski definition) is 1. The molecule has 98 valence electrons. The molecule has 0 bridgehead atoms. The molecule has 1 aromatic rings. The van der Waals surface area contributed by atoms with Gasteiger partial charge in [0, 0.05) is 18.7 Å². The molecule has 1 aromatic carbocycles. The number of nitrogen functional groups attached to an aromatic ring is 1. The maximum atomic E-state index is 12.4. The molecule has 1 amide bonds. The summed E-state index contributed by atoms with van der Waals surface area (Å²) in [6.45, 7) is 1.70. The van der Waals surface area contributed by atoms with Crippen LogP contribution < -0.4 is 5.73 Å². The summed E-state index contributed by atoms with van der Waals surface area (Å²) in [5, 5.41) is 0.452. The van der Waals surface area contributed by atoms with Gasteiger partial charge in [-0.2, -0.15) is 0 Å². The highest BCUT2D eigenvalue weighted by molar-refractivity contribution is 6.33. The molecule has 0 aliphatic carbocycles. The fourth-order valence-corrected chi connectivity index (χ4v) is 2.47. The Bertz CT molecular complexity index is 426. The van der Waals surface area contributed by atoms with Gasteiger partial charge in [0.1, 0.15) is 0 Å². The number of anilines is 1. The minimum absolute atomic E-state index is 0.0683. The Hall–Kier alpha value is -1.22. The second kappa shape index (κ2) is 6.10. The van der Waals surface area contributed by atoms with Crippen molar-refractivity contribution in [1.82, 2.24) is 4.90 Å². The molecule has 18 heavy (non-hydrogen) atoms. The van der Waals surface area contributed by atoms with Crippen molar-refractivity contribution in [3.8, 4) is 0 Å². The Morgan fingerprint density at radius 3 is 2.33 bits per heavy atom. The van der Waals surface area contributed by atoms with E-state index in [2.05, 4.69) is 0 Å².